The maximum Gasteiger partial charge on any atom is 0.258 e. The molecule has 5 nitrogen and oxygen atoms in total. The summed E-state index contributed by atoms with van der Waals surface area (Å²) in [5, 5.41) is 6.22. The second-order valence-corrected chi connectivity index (χ2v) is 7.05. The van der Waals surface area contributed by atoms with Gasteiger partial charge in [-0.1, -0.05) is 35.2 Å². The van der Waals surface area contributed by atoms with E-state index < -0.39 is 0 Å². The molecule has 1 aromatic heterocycles. The van der Waals surface area contributed by atoms with Gasteiger partial charge in [-0.25, -0.2) is 9.97 Å². The lowest BCUT2D eigenvalue weighted by Gasteiger charge is -2.22. The third kappa shape index (κ3) is 4.32. The summed E-state index contributed by atoms with van der Waals surface area (Å²) in [6.45, 7) is 1.98. The van der Waals surface area contributed by atoms with Crippen LogP contribution in [0.15, 0.2) is 35.1 Å². The fourth-order valence-corrected chi connectivity index (χ4v) is 3.12. The van der Waals surface area contributed by atoms with Gasteiger partial charge in [0, 0.05) is 28.6 Å². The van der Waals surface area contributed by atoms with Gasteiger partial charge in [-0.3, -0.25) is 4.79 Å². The molecular weight excluding hydrogens is 368 g/mol. The van der Waals surface area contributed by atoms with Crippen LogP contribution in [0.25, 0.3) is 0 Å². The highest BCUT2D eigenvalue weighted by Crippen LogP contribution is 2.21. The summed E-state index contributed by atoms with van der Waals surface area (Å²) >= 11 is 3.45. The molecule has 6 heteroatoms. The SMILES string of the molecule is Cc1cc(NC(=O)c2cnc(NC3CCCCC3)nc2)ccc1Br. The lowest BCUT2D eigenvalue weighted by molar-refractivity contribution is 0.102. The molecule has 24 heavy (non-hydrogen) atoms. The van der Waals surface area contributed by atoms with Gasteiger partial charge in [0.05, 0.1) is 5.56 Å². The van der Waals surface area contributed by atoms with Crippen LogP contribution in [0.4, 0.5) is 11.6 Å². The molecule has 0 atom stereocenters. The molecule has 0 saturated heterocycles. The molecule has 0 radical (unpaired) electrons. The molecule has 0 spiro atoms. The third-order valence-corrected chi connectivity index (χ3v) is 5.16. The van der Waals surface area contributed by atoms with Crippen molar-refractivity contribution in [2.45, 2.75) is 45.1 Å². The Morgan fingerprint density at radius 1 is 1.17 bits per heavy atom. The second kappa shape index (κ2) is 7.75. The zero-order valence-electron chi connectivity index (χ0n) is 13.7. The van der Waals surface area contributed by atoms with Crippen LogP contribution in [-0.2, 0) is 0 Å². The molecule has 0 unspecified atom stereocenters. The summed E-state index contributed by atoms with van der Waals surface area (Å²) in [5.74, 6) is 0.388. The number of nitrogens with one attached hydrogen (secondary N) is 2. The van der Waals surface area contributed by atoms with Crippen LogP contribution < -0.4 is 10.6 Å². The third-order valence-electron chi connectivity index (χ3n) is 4.27. The highest BCUT2D eigenvalue weighted by Gasteiger charge is 2.14. The quantitative estimate of drug-likeness (QED) is 0.806. The number of aryl methyl sites for hydroxylation is 1. The lowest BCUT2D eigenvalue weighted by Crippen LogP contribution is -2.23. The smallest absolute Gasteiger partial charge is 0.258 e. The van der Waals surface area contributed by atoms with E-state index in [0.717, 1.165) is 28.6 Å². The standard InChI is InChI=1S/C18H21BrN4O/c1-12-9-15(7-8-16(12)19)22-17(24)13-10-20-18(21-11-13)23-14-5-3-2-4-6-14/h7-11,14H,2-6H2,1H3,(H,22,24)(H,20,21,23). The highest BCUT2D eigenvalue weighted by molar-refractivity contribution is 9.10. The lowest BCUT2D eigenvalue weighted by atomic mass is 9.96. The Morgan fingerprint density at radius 3 is 2.54 bits per heavy atom. The van der Waals surface area contributed by atoms with Crippen molar-refractivity contribution in [1.29, 1.82) is 0 Å². The van der Waals surface area contributed by atoms with Gasteiger partial charge < -0.3 is 10.6 Å². The minimum Gasteiger partial charge on any atom is -0.351 e. The van der Waals surface area contributed by atoms with Crippen LogP contribution >= 0.6 is 15.9 Å². The van der Waals surface area contributed by atoms with E-state index in [1.54, 1.807) is 12.4 Å². The summed E-state index contributed by atoms with van der Waals surface area (Å²) in [5.41, 5.74) is 2.27. The zero-order valence-corrected chi connectivity index (χ0v) is 15.3. The summed E-state index contributed by atoms with van der Waals surface area (Å²) in [7, 11) is 0. The average Bonchev–Trinajstić information content (AvgIpc) is 2.60. The number of halogens is 1. The number of carbonyl (C=O) groups is 1. The Kier molecular flexibility index (Phi) is 5.45. The predicted molar refractivity (Wildman–Crippen MR) is 99.4 cm³/mol. The van der Waals surface area contributed by atoms with Crippen LogP contribution in [-0.4, -0.2) is 21.9 Å². The van der Waals surface area contributed by atoms with Crippen LogP contribution in [0.3, 0.4) is 0 Å². The van der Waals surface area contributed by atoms with Crippen molar-refractivity contribution in [3.8, 4) is 0 Å². The number of aromatic nitrogens is 2. The average molecular weight is 389 g/mol. The van der Waals surface area contributed by atoms with E-state index in [0.29, 0.717) is 17.6 Å². The number of anilines is 2. The highest BCUT2D eigenvalue weighted by atomic mass is 79.9. The normalized spacial score (nSPS) is 15.1. The van der Waals surface area contributed by atoms with Crippen molar-refractivity contribution in [3.63, 3.8) is 0 Å². The molecule has 1 aliphatic carbocycles. The first kappa shape index (κ1) is 16.9. The second-order valence-electron chi connectivity index (χ2n) is 6.19. The van der Waals surface area contributed by atoms with Crippen LogP contribution in [0, 0.1) is 6.92 Å². The van der Waals surface area contributed by atoms with Gasteiger partial charge in [0.1, 0.15) is 0 Å². The molecule has 1 heterocycles. The van der Waals surface area contributed by atoms with Crippen LogP contribution in [0.2, 0.25) is 0 Å². The maximum atomic E-state index is 12.3. The molecule has 1 saturated carbocycles. The summed E-state index contributed by atoms with van der Waals surface area (Å²) < 4.78 is 1.02. The van der Waals surface area contributed by atoms with Crippen molar-refractivity contribution in [1.82, 2.24) is 9.97 Å². The van der Waals surface area contributed by atoms with Gasteiger partial charge in [0.15, 0.2) is 0 Å². The van der Waals surface area contributed by atoms with Crippen LogP contribution in [0.1, 0.15) is 48.0 Å². The van der Waals surface area contributed by atoms with E-state index in [1.165, 1.54) is 19.3 Å². The Labute approximate surface area is 150 Å². The zero-order chi connectivity index (χ0) is 16.9. The van der Waals surface area contributed by atoms with Crippen molar-refractivity contribution in [2.24, 2.45) is 0 Å². The molecule has 1 aliphatic rings. The molecular formula is C18H21BrN4O. The Morgan fingerprint density at radius 2 is 1.88 bits per heavy atom. The number of hydrogen-bond donors (Lipinski definition) is 2. The van der Waals surface area contributed by atoms with E-state index in [2.05, 4.69) is 36.5 Å². The van der Waals surface area contributed by atoms with E-state index in [4.69, 9.17) is 0 Å². The van der Waals surface area contributed by atoms with Crippen molar-refractivity contribution >= 4 is 33.5 Å². The van der Waals surface area contributed by atoms with Gasteiger partial charge in [-0.2, -0.15) is 0 Å². The molecule has 1 amide bonds. The fourth-order valence-electron chi connectivity index (χ4n) is 2.88. The van der Waals surface area contributed by atoms with E-state index in [9.17, 15) is 4.79 Å². The summed E-state index contributed by atoms with van der Waals surface area (Å²) in [6.07, 6.45) is 9.28. The molecule has 1 fully saturated rings. The number of hydrogen-bond acceptors (Lipinski definition) is 4. The maximum absolute atomic E-state index is 12.3. The Hall–Kier alpha value is -1.95. The van der Waals surface area contributed by atoms with Gasteiger partial charge in [-0.15, -0.1) is 0 Å². The van der Waals surface area contributed by atoms with Crippen molar-refractivity contribution < 1.29 is 4.79 Å². The number of rotatable bonds is 4. The first-order valence-corrected chi connectivity index (χ1v) is 9.07. The van der Waals surface area contributed by atoms with Crippen molar-refractivity contribution in [2.75, 3.05) is 10.6 Å². The summed E-state index contributed by atoms with van der Waals surface area (Å²) in [6, 6.07) is 6.14. The van der Waals surface area contributed by atoms with Crippen molar-refractivity contribution in [3.05, 3.63) is 46.2 Å². The summed E-state index contributed by atoms with van der Waals surface area (Å²) in [4.78, 5) is 20.8. The topological polar surface area (TPSA) is 66.9 Å². The number of benzene rings is 1. The number of carbonyl (C=O) groups excluding carboxylic acids is 1. The monoisotopic (exact) mass is 388 g/mol. The molecule has 3 rings (SSSR count). The van der Waals surface area contributed by atoms with Gasteiger partial charge >= 0.3 is 0 Å². The van der Waals surface area contributed by atoms with Gasteiger partial charge in [0.25, 0.3) is 5.91 Å². The van der Waals surface area contributed by atoms with E-state index >= 15 is 0 Å². The molecule has 0 aliphatic heterocycles. The number of nitrogens with zero attached hydrogens (tertiary/aromatic N) is 2. The predicted octanol–water partition coefficient (Wildman–Crippen LogP) is 4.54. The van der Waals surface area contributed by atoms with Gasteiger partial charge in [-0.05, 0) is 43.5 Å². The van der Waals surface area contributed by atoms with E-state index in [-0.39, 0.29) is 5.91 Å². The number of amides is 1. The largest absolute Gasteiger partial charge is 0.351 e. The molecule has 1 aromatic carbocycles. The Bertz CT molecular complexity index is 711. The Balaban J connectivity index is 1.61. The van der Waals surface area contributed by atoms with Crippen LogP contribution in [0.5, 0.6) is 0 Å². The molecule has 2 N–H and O–H groups in total. The molecule has 0 bridgehead atoms. The minimum absolute atomic E-state index is 0.207. The first-order chi connectivity index (χ1) is 11.6. The van der Waals surface area contributed by atoms with Gasteiger partial charge in [0.2, 0.25) is 5.95 Å². The van der Waals surface area contributed by atoms with E-state index in [1.807, 2.05) is 25.1 Å². The molecule has 126 valence electrons. The molecule has 2 aromatic rings. The minimum atomic E-state index is -0.207. The fraction of sp³-hybridized carbons (Fsp3) is 0.389. The first-order valence-electron chi connectivity index (χ1n) is 8.28.